The van der Waals surface area contributed by atoms with E-state index in [1.165, 1.54) is 0 Å². The molecule has 1 heterocycles. The first-order valence-electron chi connectivity index (χ1n) is 12.8. The van der Waals surface area contributed by atoms with Gasteiger partial charge in [-0.1, -0.05) is 47.0 Å². The monoisotopic (exact) mass is 464 g/mol. The van der Waals surface area contributed by atoms with Gasteiger partial charge in [0, 0.05) is 19.0 Å². The van der Waals surface area contributed by atoms with Crippen LogP contribution in [0.5, 0.6) is 0 Å². The van der Waals surface area contributed by atoms with Crippen molar-refractivity contribution in [2.75, 3.05) is 13.1 Å². The number of rotatable bonds is 7. The third-order valence-corrected chi connectivity index (χ3v) is 8.01. The Morgan fingerprint density at radius 2 is 1.73 bits per heavy atom. The minimum atomic E-state index is -0.935. The second-order valence-electron chi connectivity index (χ2n) is 12.4. The molecule has 1 aliphatic heterocycles. The smallest absolute Gasteiger partial charge is 0.410 e. The highest BCUT2D eigenvalue weighted by Gasteiger charge is 2.70. The number of hydrogen-bond acceptors (Lipinski definition) is 4. The highest BCUT2D eigenvalue weighted by Crippen LogP contribution is 2.65. The van der Waals surface area contributed by atoms with Crippen molar-refractivity contribution in [1.82, 2.24) is 9.80 Å². The van der Waals surface area contributed by atoms with Crippen LogP contribution in [-0.4, -0.2) is 63.7 Å². The van der Waals surface area contributed by atoms with Crippen LogP contribution in [0.3, 0.4) is 0 Å². The maximum atomic E-state index is 14.1. The number of piperidine rings is 1. The number of carbonyl (C=O) groups is 3. The van der Waals surface area contributed by atoms with E-state index in [9.17, 15) is 19.5 Å². The number of ether oxygens (including phenoxy) is 1. The average Bonchev–Trinajstić information content (AvgIpc) is 3.04. The van der Waals surface area contributed by atoms with Gasteiger partial charge in [0.2, 0.25) is 5.91 Å². The fourth-order valence-corrected chi connectivity index (χ4v) is 6.07. The maximum absolute atomic E-state index is 14.1. The van der Waals surface area contributed by atoms with Gasteiger partial charge in [-0.3, -0.25) is 9.69 Å². The SMILES string of the molecule is CC(C)CCN(C(=O)OC(C)(C)C)[C@H](C(=O)N1C[C@H]2[C@@H]([C@H]1C(=O)O)C2(C)C)C1CCCCC1. The standard InChI is InChI=1S/C26H44N2O5/c1-16(2)13-14-27(24(32)33-25(3,4)5)20(17-11-9-8-10-12-17)22(29)28-15-18-19(26(18,6)7)21(28)23(30)31/h16-21H,8-15H2,1-7H3,(H,30,31)/t18-,19-,20-,21-/m0/s1. The van der Waals surface area contributed by atoms with E-state index in [1.54, 1.807) is 9.80 Å². The Bertz CT molecular complexity index is 750. The van der Waals surface area contributed by atoms with Crippen molar-refractivity contribution in [3.63, 3.8) is 0 Å². The molecule has 1 N–H and O–H groups in total. The van der Waals surface area contributed by atoms with Crippen molar-refractivity contribution < 1.29 is 24.2 Å². The molecule has 2 saturated carbocycles. The summed E-state index contributed by atoms with van der Waals surface area (Å²) in [6.07, 6.45) is 5.24. The number of carboxylic acid groups (broad SMARTS) is 1. The summed E-state index contributed by atoms with van der Waals surface area (Å²) in [7, 11) is 0. The first-order chi connectivity index (χ1) is 15.3. The molecule has 3 fully saturated rings. The molecule has 33 heavy (non-hydrogen) atoms. The molecule has 4 atom stereocenters. The Kier molecular flexibility index (Phi) is 7.40. The van der Waals surface area contributed by atoms with Crippen LogP contribution >= 0.6 is 0 Å². The van der Waals surface area contributed by atoms with Crippen molar-refractivity contribution in [3.05, 3.63) is 0 Å². The van der Waals surface area contributed by atoms with Crippen molar-refractivity contribution in [2.24, 2.45) is 29.1 Å². The second-order valence-corrected chi connectivity index (χ2v) is 12.4. The molecule has 0 unspecified atom stereocenters. The van der Waals surface area contributed by atoms with Crippen LogP contribution in [0.4, 0.5) is 4.79 Å². The molecule has 188 valence electrons. The van der Waals surface area contributed by atoms with Crippen molar-refractivity contribution in [2.45, 2.75) is 105 Å². The summed E-state index contributed by atoms with van der Waals surface area (Å²) in [6, 6.07) is -1.48. The zero-order valence-corrected chi connectivity index (χ0v) is 21.6. The summed E-state index contributed by atoms with van der Waals surface area (Å²) in [6.45, 7) is 14.8. The lowest BCUT2D eigenvalue weighted by atomic mass is 9.82. The first kappa shape index (κ1) is 25.8. The lowest BCUT2D eigenvalue weighted by molar-refractivity contribution is -0.153. The lowest BCUT2D eigenvalue weighted by Gasteiger charge is -2.41. The van der Waals surface area contributed by atoms with Gasteiger partial charge in [0.25, 0.3) is 0 Å². The summed E-state index contributed by atoms with van der Waals surface area (Å²) in [5, 5.41) is 10.0. The van der Waals surface area contributed by atoms with E-state index in [-0.39, 0.29) is 29.1 Å². The van der Waals surface area contributed by atoms with Crippen LogP contribution in [0.2, 0.25) is 0 Å². The Hall–Kier alpha value is -1.79. The van der Waals surface area contributed by atoms with Crippen LogP contribution in [0, 0.1) is 29.1 Å². The number of fused-ring (bicyclic) bond motifs is 1. The molecule has 2 aliphatic carbocycles. The first-order valence-corrected chi connectivity index (χ1v) is 12.8. The third kappa shape index (κ3) is 5.48. The molecule has 7 nitrogen and oxygen atoms in total. The Morgan fingerprint density at radius 3 is 2.24 bits per heavy atom. The topological polar surface area (TPSA) is 87.2 Å². The Labute approximate surface area is 199 Å². The predicted molar refractivity (Wildman–Crippen MR) is 127 cm³/mol. The molecular formula is C26H44N2O5. The quantitative estimate of drug-likeness (QED) is 0.585. The van der Waals surface area contributed by atoms with Gasteiger partial charge in [-0.15, -0.1) is 0 Å². The van der Waals surface area contributed by atoms with E-state index < -0.39 is 29.7 Å². The van der Waals surface area contributed by atoms with Crippen molar-refractivity contribution in [3.8, 4) is 0 Å². The van der Waals surface area contributed by atoms with Gasteiger partial charge in [0.1, 0.15) is 17.7 Å². The minimum Gasteiger partial charge on any atom is -0.480 e. The highest BCUT2D eigenvalue weighted by atomic mass is 16.6. The number of aliphatic carboxylic acids is 1. The number of carboxylic acids is 1. The van der Waals surface area contributed by atoms with Gasteiger partial charge < -0.3 is 14.7 Å². The summed E-state index contributed by atoms with van der Waals surface area (Å²) < 4.78 is 5.75. The van der Waals surface area contributed by atoms with Gasteiger partial charge in [-0.25, -0.2) is 9.59 Å². The average molecular weight is 465 g/mol. The van der Waals surface area contributed by atoms with Crippen molar-refractivity contribution in [1.29, 1.82) is 0 Å². The van der Waals surface area contributed by atoms with Crippen LogP contribution in [-0.2, 0) is 14.3 Å². The van der Waals surface area contributed by atoms with E-state index in [2.05, 4.69) is 27.7 Å². The summed E-state index contributed by atoms with van der Waals surface area (Å²) in [5.41, 5.74) is -0.723. The number of carbonyl (C=O) groups excluding carboxylic acids is 2. The van der Waals surface area contributed by atoms with E-state index in [0.29, 0.717) is 19.0 Å². The molecular weight excluding hydrogens is 420 g/mol. The van der Waals surface area contributed by atoms with Crippen molar-refractivity contribution >= 4 is 18.0 Å². The molecule has 0 aromatic heterocycles. The number of likely N-dealkylation sites (tertiary alicyclic amines) is 1. The van der Waals surface area contributed by atoms with Gasteiger partial charge in [0.05, 0.1) is 0 Å². The molecule has 3 rings (SSSR count). The van der Waals surface area contributed by atoms with Crippen LogP contribution in [0.15, 0.2) is 0 Å². The maximum Gasteiger partial charge on any atom is 0.410 e. The predicted octanol–water partition coefficient (Wildman–Crippen LogP) is 4.79. The fourth-order valence-electron chi connectivity index (χ4n) is 6.07. The molecule has 1 saturated heterocycles. The number of hydrogen-bond donors (Lipinski definition) is 1. The van der Waals surface area contributed by atoms with E-state index >= 15 is 0 Å². The van der Waals surface area contributed by atoms with Gasteiger partial charge in [-0.05, 0) is 63.2 Å². The molecule has 0 aromatic carbocycles. The van der Waals surface area contributed by atoms with E-state index in [4.69, 9.17) is 4.74 Å². The Morgan fingerprint density at radius 1 is 1.12 bits per heavy atom. The highest BCUT2D eigenvalue weighted by molar-refractivity contribution is 5.91. The number of amides is 2. The zero-order chi connectivity index (χ0) is 24.7. The van der Waals surface area contributed by atoms with Crippen LogP contribution in [0.1, 0.15) is 87.0 Å². The number of nitrogens with zero attached hydrogens (tertiary/aromatic N) is 2. The van der Waals surface area contributed by atoms with E-state index in [1.807, 2.05) is 20.8 Å². The zero-order valence-electron chi connectivity index (χ0n) is 21.6. The molecule has 0 bridgehead atoms. The Balaban J connectivity index is 1.93. The molecule has 2 amide bonds. The third-order valence-electron chi connectivity index (χ3n) is 8.01. The molecule has 0 aromatic rings. The summed E-state index contributed by atoms with van der Waals surface area (Å²) in [4.78, 5) is 43.0. The minimum absolute atomic E-state index is 0.0170. The van der Waals surface area contributed by atoms with E-state index in [0.717, 1.165) is 38.5 Å². The largest absolute Gasteiger partial charge is 0.480 e. The molecule has 0 radical (unpaired) electrons. The van der Waals surface area contributed by atoms with Gasteiger partial charge in [-0.2, -0.15) is 0 Å². The van der Waals surface area contributed by atoms with Gasteiger partial charge in [0.15, 0.2) is 0 Å². The second kappa shape index (κ2) is 9.46. The molecule has 3 aliphatic rings. The molecule has 7 heteroatoms. The lowest BCUT2D eigenvalue weighted by Crippen LogP contribution is -2.58. The normalized spacial score (nSPS) is 27.8. The fraction of sp³-hybridized carbons (Fsp3) is 0.885. The molecule has 0 spiro atoms. The van der Waals surface area contributed by atoms with Crippen LogP contribution < -0.4 is 0 Å². The summed E-state index contributed by atoms with van der Waals surface area (Å²) in [5.74, 6) is -0.548. The summed E-state index contributed by atoms with van der Waals surface area (Å²) >= 11 is 0. The van der Waals surface area contributed by atoms with Gasteiger partial charge >= 0.3 is 12.1 Å². The van der Waals surface area contributed by atoms with Crippen LogP contribution in [0.25, 0.3) is 0 Å².